The number of hydrogen-bond acceptors (Lipinski definition) is 5. The number of ketones is 1. The molecule has 0 N–H and O–H groups in total. The Labute approximate surface area is 164 Å². The van der Waals surface area contributed by atoms with E-state index in [4.69, 9.17) is 9.47 Å². The highest BCUT2D eigenvalue weighted by atomic mass is 16.5. The van der Waals surface area contributed by atoms with Crippen LogP contribution in [0.3, 0.4) is 0 Å². The fraction of sp³-hybridized carbons (Fsp3) is 0.174. The molecule has 5 nitrogen and oxygen atoms in total. The number of methoxy groups -OCH3 is 2. The summed E-state index contributed by atoms with van der Waals surface area (Å²) in [6.07, 6.45) is 2.93. The summed E-state index contributed by atoms with van der Waals surface area (Å²) < 4.78 is 9.58. The molecule has 2 rings (SSSR count). The minimum atomic E-state index is -0.580. The van der Waals surface area contributed by atoms with Gasteiger partial charge >= 0.3 is 11.9 Å². The largest absolute Gasteiger partial charge is 0.466 e. The van der Waals surface area contributed by atoms with E-state index in [9.17, 15) is 14.4 Å². The van der Waals surface area contributed by atoms with E-state index in [1.807, 2.05) is 60.7 Å². The average molecular weight is 378 g/mol. The van der Waals surface area contributed by atoms with E-state index in [0.29, 0.717) is 0 Å². The Balaban J connectivity index is 2.21. The second kappa shape index (κ2) is 10.6. The maximum Gasteiger partial charge on any atom is 0.334 e. The first-order valence-corrected chi connectivity index (χ1v) is 8.73. The molecule has 0 amide bonds. The Hall–Kier alpha value is -3.47. The van der Waals surface area contributed by atoms with Crippen LogP contribution in [0.2, 0.25) is 0 Å². The van der Waals surface area contributed by atoms with Gasteiger partial charge in [0, 0.05) is 24.0 Å². The lowest BCUT2D eigenvalue weighted by Crippen LogP contribution is -2.13. The van der Waals surface area contributed by atoms with Gasteiger partial charge in [-0.3, -0.25) is 4.79 Å². The van der Waals surface area contributed by atoms with Crippen molar-refractivity contribution in [3.05, 3.63) is 82.9 Å². The molecule has 0 bridgehead atoms. The summed E-state index contributed by atoms with van der Waals surface area (Å²) >= 11 is 0. The molecule has 2 aromatic carbocycles. The number of esters is 2. The highest BCUT2D eigenvalue weighted by Crippen LogP contribution is 2.17. The van der Waals surface area contributed by atoms with Crippen LogP contribution < -0.4 is 0 Å². The molecule has 0 fully saturated rings. The Bertz CT molecular complexity index is 806. The first kappa shape index (κ1) is 20.8. The van der Waals surface area contributed by atoms with Crippen LogP contribution in [0.5, 0.6) is 0 Å². The summed E-state index contributed by atoms with van der Waals surface area (Å²) in [5.74, 6) is -1.45. The minimum absolute atomic E-state index is 0.148. The van der Waals surface area contributed by atoms with E-state index in [2.05, 4.69) is 0 Å². The lowest BCUT2D eigenvalue weighted by atomic mass is 9.99. The molecular formula is C23H22O5. The zero-order chi connectivity index (χ0) is 20.4. The summed E-state index contributed by atoms with van der Waals surface area (Å²) in [4.78, 5) is 36.7. The normalized spacial score (nSPS) is 11.6. The lowest BCUT2D eigenvalue weighted by Gasteiger charge is -2.08. The summed E-state index contributed by atoms with van der Waals surface area (Å²) in [6.45, 7) is 0. The zero-order valence-electron chi connectivity index (χ0n) is 15.9. The molecular weight excluding hydrogens is 356 g/mol. The zero-order valence-corrected chi connectivity index (χ0v) is 15.9. The summed E-state index contributed by atoms with van der Waals surface area (Å²) in [7, 11) is 2.53. The molecule has 0 heterocycles. The van der Waals surface area contributed by atoms with Gasteiger partial charge in [0.25, 0.3) is 0 Å². The number of hydrogen-bond donors (Lipinski definition) is 0. The van der Waals surface area contributed by atoms with Crippen molar-refractivity contribution in [3.8, 4) is 0 Å². The molecule has 0 aliphatic carbocycles. The number of carbonyl (C=O) groups is 3. The van der Waals surface area contributed by atoms with Gasteiger partial charge in [0.05, 0.1) is 14.2 Å². The van der Waals surface area contributed by atoms with Crippen LogP contribution in [0.1, 0.15) is 24.0 Å². The van der Waals surface area contributed by atoms with Crippen LogP contribution in [0.4, 0.5) is 0 Å². The van der Waals surface area contributed by atoms with Crippen LogP contribution in [-0.2, 0) is 23.9 Å². The van der Waals surface area contributed by atoms with Crippen molar-refractivity contribution >= 4 is 29.9 Å². The number of carbonyl (C=O) groups excluding carboxylic acids is 3. The van der Waals surface area contributed by atoms with Crippen molar-refractivity contribution in [2.45, 2.75) is 12.8 Å². The molecule has 0 saturated carbocycles. The quantitative estimate of drug-likeness (QED) is 0.515. The van der Waals surface area contributed by atoms with Crippen molar-refractivity contribution in [1.29, 1.82) is 0 Å². The molecule has 28 heavy (non-hydrogen) atoms. The fourth-order valence-electron chi connectivity index (χ4n) is 2.61. The Morgan fingerprint density at radius 2 is 1.04 bits per heavy atom. The van der Waals surface area contributed by atoms with E-state index in [-0.39, 0.29) is 29.8 Å². The summed E-state index contributed by atoms with van der Waals surface area (Å²) in [5.41, 5.74) is 2.01. The Morgan fingerprint density at radius 3 is 1.36 bits per heavy atom. The second-order valence-electron chi connectivity index (χ2n) is 6.04. The lowest BCUT2D eigenvalue weighted by molar-refractivity contribution is -0.137. The fourth-order valence-corrected chi connectivity index (χ4v) is 2.61. The predicted molar refractivity (Wildman–Crippen MR) is 107 cm³/mol. The third kappa shape index (κ3) is 6.36. The molecule has 0 unspecified atom stereocenters. The van der Waals surface area contributed by atoms with Gasteiger partial charge in [0.1, 0.15) is 5.78 Å². The van der Waals surface area contributed by atoms with Gasteiger partial charge in [-0.05, 0) is 23.3 Å². The summed E-state index contributed by atoms with van der Waals surface area (Å²) in [5, 5.41) is 0. The second-order valence-corrected chi connectivity index (χ2v) is 6.04. The standard InChI is InChI=1S/C23H22O5/c1-27-22(25)19(13-17-9-5-3-6-10-17)15-21(24)16-20(23(26)28-2)14-18-11-7-4-8-12-18/h3-14H,15-16H2,1-2H3/b19-13+,20-14+. The maximum absolute atomic E-state index is 12.6. The summed E-state index contributed by atoms with van der Waals surface area (Å²) in [6, 6.07) is 18.3. The number of ether oxygens (including phenoxy) is 2. The van der Waals surface area contributed by atoms with Crippen molar-refractivity contribution in [2.24, 2.45) is 0 Å². The third-order valence-electron chi connectivity index (χ3n) is 3.95. The van der Waals surface area contributed by atoms with Gasteiger partial charge in [-0.1, -0.05) is 60.7 Å². The van der Waals surface area contributed by atoms with Crippen LogP contribution in [0.25, 0.3) is 12.2 Å². The van der Waals surface area contributed by atoms with Crippen molar-refractivity contribution in [1.82, 2.24) is 0 Å². The number of benzene rings is 2. The number of rotatable bonds is 8. The van der Waals surface area contributed by atoms with Gasteiger partial charge < -0.3 is 9.47 Å². The Kier molecular flexibility index (Phi) is 7.91. The Morgan fingerprint density at radius 1 is 0.679 bits per heavy atom. The monoisotopic (exact) mass is 378 g/mol. The molecule has 0 radical (unpaired) electrons. The molecule has 0 atom stereocenters. The minimum Gasteiger partial charge on any atom is -0.466 e. The van der Waals surface area contributed by atoms with Crippen LogP contribution in [-0.4, -0.2) is 31.9 Å². The van der Waals surface area contributed by atoms with Gasteiger partial charge in [0.2, 0.25) is 0 Å². The average Bonchev–Trinajstić information content (AvgIpc) is 2.73. The van der Waals surface area contributed by atoms with Crippen LogP contribution >= 0.6 is 0 Å². The van der Waals surface area contributed by atoms with Crippen LogP contribution in [0, 0.1) is 0 Å². The van der Waals surface area contributed by atoms with Gasteiger partial charge in [-0.25, -0.2) is 9.59 Å². The van der Waals surface area contributed by atoms with E-state index in [1.165, 1.54) is 14.2 Å². The van der Waals surface area contributed by atoms with Gasteiger partial charge in [0.15, 0.2) is 0 Å². The first-order chi connectivity index (χ1) is 13.5. The SMILES string of the molecule is COC(=O)/C(=C/c1ccccc1)CC(=O)C/C(=C\c1ccccc1)C(=O)OC. The van der Waals surface area contributed by atoms with Gasteiger partial charge in [-0.2, -0.15) is 0 Å². The van der Waals surface area contributed by atoms with Gasteiger partial charge in [-0.15, -0.1) is 0 Å². The molecule has 0 aliphatic rings. The highest BCUT2D eigenvalue weighted by Gasteiger charge is 2.19. The third-order valence-corrected chi connectivity index (χ3v) is 3.95. The van der Waals surface area contributed by atoms with Crippen molar-refractivity contribution in [2.75, 3.05) is 14.2 Å². The number of Topliss-reactive ketones (excluding diaryl/α,β-unsaturated/α-hetero) is 1. The van der Waals surface area contributed by atoms with E-state index < -0.39 is 11.9 Å². The smallest absolute Gasteiger partial charge is 0.334 e. The molecule has 2 aromatic rings. The van der Waals surface area contributed by atoms with E-state index in [1.54, 1.807) is 12.2 Å². The topological polar surface area (TPSA) is 69.7 Å². The van der Waals surface area contributed by atoms with Crippen LogP contribution in [0.15, 0.2) is 71.8 Å². The molecule has 0 spiro atoms. The molecule has 0 aromatic heterocycles. The molecule has 0 aliphatic heterocycles. The maximum atomic E-state index is 12.6. The van der Waals surface area contributed by atoms with Crippen molar-refractivity contribution < 1.29 is 23.9 Å². The first-order valence-electron chi connectivity index (χ1n) is 8.73. The highest BCUT2D eigenvalue weighted by molar-refractivity contribution is 6.04. The molecule has 144 valence electrons. The molecule has 5 heteroatoms. The van der Waals surface area contributed by atoms with Crippen molar-refractivity contribution in [3.63, 3.8) is 0 Å². The van der Waals surface area contributed by atoms with E-state index in [0.717, 1.165) is 11.1 Å². The predicted octanol–water partition coefficient (Wildman–Crippen LogP) is 3.85. The molecule has 0 saturated heterocycles. The van der Waals surface area contributed by atoms with E-state index >= 15 is 0 Å².